The zero-order valence-electron chi connectivity index (χ0n) is 19.4. The molecule has 2 heterocycles. The van der Waals surface area contributed by atoms with Crippen molar-refractivity contribution < 1.29 is 23.8 Å². The van der Waals surface area contributed by atoms with Crippen molar-refractivity contribution in [1.82, 2.24) is 9.80 Å². The van der Waals surface area contributed by atoms with Crippen molar-refractivity contribution >= 4 is 11.9 Å². The van der Waals surface area contributed by atoms with Gasteiger partial charge < -0.3 is 19.6 Å². The lowest BCUT2D eigenvalue weighted by Crippen LogP contribution is -2.52. The Balaban J connectivity index is 1.63. The molecular formula is C25H37FN2O4. The molecule has 7 heteroatoms. The van der Waals surface area contributed by atoms with Crippen LogP contribution < -0.4 is 4.74 Å². The number of benzene rings is 1. The Kier molecular flexibility index (Phi) is 8.51. The van der Waals surface area contributed by atoms with Crippen molar-refractivity contribution in [2.45, 2.75) is 70.0 Å². The fourth-order valence-electron chi connectivity index (χ4n) is 5.18. The summed E-state index contributed by atoms with van der Waals surface area (Å²) in [6, 6.07) is 7.36. The standard InChI is InChI=1S/C25H37FN2O4/c1-3-8-21-19(9-6-15-27(21)2)24(31)28-16-13-25(26,14-17-28)20-10-4-5-11-22(20)32-18-7-12-23(29)30/h4-5,10-11,19,21H,3,6-9,12-18H2,1-2H3,(H,29,30). The molecule has 0 radical (unpaired) electrons. The first-order chi connectivity index (χ1) is 15.4. The molecule has 2 saturated heterocycles. The summed E-state index contributed by atoms with van der Waals surface area (Å²) in [5.74, 6) is -0.218. The first kappa shape index (κ1) is 24.5. The minimum absolute atomic E-state index is 0.00525. The molecule has 2 unspecified atom stereocenters. The summed E-state index contributed by atoms with van der Waals surface area (Å²) in [6.07, 6.45) is 4.90. The largest absolute Gasteiger partial charge is 0.493 e. The van der Waals surface area contributed by atoms with Crippen LogP contribution in [0.4, 0.5) is 4.39 Å². The average Bonchev–Trinajstić information content (AvgIpc) is 2.78. The number of hydrogen-bond donors (Lipinski definition) is 1. The lowest BCUT2D eigenvalue weighted by atomic mass is 9.82. The number of carboxylic acid groups (broad SMARTS) is 1. The molecule has 1 aromatic rings. The molecule has 1 N–H and O–H groups in total. The SMILES string of the molecule is CCCC1C(C(=O)N2CCC(F)(c3ccccc3OCCCC(=O)O)CC2)CCCN1C. The zero-order chi connectivity index (χ0) is 23.1. The van der Waals surface area contributed by atoms with Crippen LogP contribution in [0.5, 0.6) is 5.75 Å². The molecule has 32 heavy (non-hydrogen) atoms. The Morgan fingerprint density at radius 2 is 1.94 bits per heavy atom. The molecule has 6 nitrogen and oxygen atoms in total. The van der Waals surface area contributed by atoms with Gasteiger partial charge in [-0.2, -0.15) is 0 Å². The molecule has 1 aromatic carbocycles. The number of aliphatic carboxylic acids is 1. The number of amides is 1. The van der Waals surface area contributed by atoms with E-state index in [1.54, 1.807) is 24.3 Å². The number of hydrogen-bond acceptors (Lipinski definition) is 4. The number of halogens is 1. The number of piperidine rings is 2. The van der Waals surface area contributed by atoms with E-state index in [2.05, 4.69) is 18.9 Å². The van der Waals surface area contributed by atoms with Gasteiger partial charge in [0.05, 0.1) is 12.5 Å². The molecule has 2 aliphatic heterocycles. The van der Waals surface area contributed by atoms with Gasteiger partial charge in [0, 0.05) is 44.0 Å². The highest BCUT2D eigenvalue weighted by molar-refractivity contribution is 5.80. The summed E-state index contributed by atoms with van der Waals surface area (Å²) >= 11 is 0. The average molecular weight is 449 g/mol. The second kappa shape index (κ2) is 11.1. The van der Waals surface area contributed by atoms with Crippen molar-refractivity contribution in [3.05, 3.63) is 29.8 Å². The molecule has 0 spiro atoms. The maximum absolute atomic E-state index is 16.0. The number of carbonyl (C=O) groups is 2. The number of rotatable bonds is 9. The summed E-state index contributed by atoms with van der Waals surface area (Å²) in [5.41, 5.74) is -1.05. The highest BCUT2D eigenvalue weighted by Gasteiger charge is 2.42. The van der Waals surface area contributed by atoms with Crippen molar-refractivity contribution in [2.24, 2.45) is 5.92 Å². The first-order valence-electron chi connectivity index (χ1n) is 12.0. The maximum Gasteiger partial charge on any atom is 0.303 e. The predicted molar refractivity (Wildman–Crippen MR) is 121 cm³/mol. The molecule has 0 saturated carbocycles. The van der Waals surface area contributed by atoms with Crippen LogP contribution >= 0.6 is 0 Å². The van der Waals surface area contributed by atoms with E-state index in [0.29, 0.717) is 30.8 Å². The van der Waals surface area contributed by atoms with Gasteiger partial charge in [-0.05, 0) is 45.3 Å². The normalized spacial score (nSPS) is 23.7. The first-order valence-corrected chi connectivity index (χ1v) is 12.0. The van der Waals surface area contributed by atoms with E-state index in [4.69, 9.17) is 9.84 Å². The van der Waals surface area contributed by atoms with Gasteiger partial charge in [-0.15, -0.1) is 0 Å². The Bertz CT molecular complexity index is 779. The van der Waals surface area contributed by atoms with E-state index >= 15 is 4.39 Å². The Hall–Kier alpha value is -2.15. The Labute approximate surface area is 190 Å². The van der Waals surface area contributed by atoms with Gasteiger partial charge >= 0.3 is 5.97 Å². The number of para-hydroxylation sites is 1. The molecule has 1 amide bonds. The summed E-state index contributed by atoms with van der Waals surface area (Å²) in [4.78, 5) is 28.2. The molecule has 3 rings (SSSR count). The lowest BCUT2D eigenvalue weighted by Gasteiger charge is -2.43. The molecule has 0 aromatic heterocycles. The van der Waals surface area contributed by atoms with Crippen LogP contribution in [0.2, 0.25) is 0 Å². The molecule has 178 valence electrons. The van der Waals surface area contributed by atoms with Crippen molar-refractivity contribution in [3.8, 4) is 5.75 Å². The number of carbonyl (C=O) groups excluding carboxylic acids is 1. The van der Waals surface area contributed by atoms with Crippen molar-refractivity contribution in [3.63, 3.8) is 0 Å². The van der Waals surface area contributed by atoms with Crippen LogP contribution in [0, 0.1) is 5.92 Å². The van der Waals surface area contributed by atoms with Crippen LogP contribution in [0.15, 0.2) is 24.3 Å². The Morgan fingerprint density at radius 1 is 1.22 bits per heavy atom. The fraction of sp³-hybridized carbons (Fsp3) is 0.680. The highest BCUT2D eigenvalue weighted by Crippen LogP contribution is 2.42. The molecule has 2 fully saturated rings. The maximum atomic E-state index is 16.0. The third kappa shape index (κ3) is 5.80. The third-order valence-electron chi connectivity index (χ3n) is 6.99. The fourth-order valence-corrected chi connectivity index (χ4v) is 5.18. The number of ether oxygens (including phenoxy) is 1. The van der Waals surface area contributed by atoms with E-state index < -0.39 is 11.6 Å². The zero-order valence-corrected chi connectivity index (χ0v) is 19.4. The Morgan fingerprint density at radius 3 is 2.62 bits per heavy atom. The monoisotopic (exact) mass is 448 g/mol. The van der Waals surface area contributed by atoms with Gasteiger partial charge in [0.2, 0.25) is 5.91 Å². The second-order valence-corrected chi connectivity index (χ2v) is 9.22. The summed E-state index contributed by atoms with van der Waals surface area (Å²) < 4.78 is 21.8. The summed E-state index contributed by atoms with van der Waals surface area (Å²) in [6.45, 7) is 4.23. The van der Waals surface area contributed by atoms with Crippen LogP contribution in [-0.4, -0.2) is 66.1 Å². The summed E-state index contributed by atoms with van der Waals surface area (Å²) in [7, 11) is 2.11. The van der Waals surface area contributed by atoms with Gasteiger partial charge in [0.25, 0.3) is 0 Å². The van der Waals surface area contributed by atoms with Gasteiger partial charge in [0.15, 0.2) is 0 Å². The minimum Gasteiger partial charge on any atom is -0.493 e. The van der Waals surface area contributed by atoms with Gasteiger partial charge in [-0.3, -0.25) is 9.59 Å². The van der Waals surface area contributed by atoms with Gasteiger partial charge in [-0.1, -0.05) is 31.5 Å². The summed E-state index contributed by atoms with van der Waals surface area (Å²) in [5, 5.41) is 8.78. The number of carboxylic acids is 1. The third-order valence-corrected chi connectivity index (χ3v) is 6.99. The number of nitrogens with zero attached hydrogens (tertiary/aromatic N) is 2. The van der Waals surface area contributed by atoms with Crippen molar-refractivity contribution in [1.29, 1.82) is 0 Å². The van der Waals surface area contributed by atoms with Gasteiger partial charge in [0.1, 0.15) is 11.4 Å². The van der Waals surface area contributed by atoms with E-state index in [1.165, 1.54) is 0 Å². The van der Waals surface area contributed by atoms with E-state index in [0.717, 1.165) is 32.2 Å². The van der Waals surface area contributed by atoms with Gasteiger partial charge in [-0.25, -0.2) is 4.39 Å². The second-order valence-electron chi connectivity index (χ2n) is 9.22. The number of alkyl halides is 1. The minimum atomic E-state index is -1.55. The van der Waals surface area contributed by atoms with E-state index in [9.17, 15) is 9.59 Å². The van der Waals surface area contributed by atoms with Crippen molar-refractivity contribution in [2.75, 3.05) is 33.3 Å². The predicted octanol–water partition coefficient (Wildman–Crippen LogP) is 4.23. The molecule has 2 aliphatic rings. The lowest BCUT2D eigenvalue weighted by molar-refractivity contribution is -0.142. The molecule has 0 aliphatic carbocycles. The van der Waals surface area contributed by atoms with Crippen LogP contribution in [-0.2, 0) is 15.3 Å². The van der Waals surface area contributed by atoms with Crippen LogP contribution in [0.25, 0.3) is 0 Å². The topological polar surface area (TPSA) is 70.1 Å². The smallest absolute Gasteiger partial charge is 0.303 e. The highest BCUT2D eigenvalue weighted by atomic mass is 19.1. The quantitative estimate of drug-likeness (QED) is 0.573. The van der Waals surface area contributed by atoms with Crippen LogP contribution in [0.1, 0.15) is 63.9 Å². The molecule has 0 bridgehead atoms. The number of likely N-dealkylation sites (tertiary alicyclic amines) is 2. The van der Waals surface area contributed by atoms with E-state index in [-0.39, 0.29) is 43.7 Å². The molecule has 2 atom stereocenters. The molecular weight excluding hydrogens is 411 g/mol. The van der Waals surface area contributed by atoms with E-state index in [1.807, 2.05) is 4.90 Å². The van der Waals surface area contributed by atoms with Crippen LogP contribution in [0.3, 0.4) is 0 Å².